The van der Waals surface area contributed by atoms with Gasteiger partial charge >= 0.3 is 0 Å². The average Bonchev–Trinajstić information content (AvgIpc) is 2.33. The van der Waals surface area contributed by atoms with Crippen molar-refractivity contribution in [3.63, 3.8) is 0 Å². The van der Waals surface area contributed by atoms with Crippen LogP contribution >= 0.6 is 0 Å². The fraction of sp³-hybridized carbons (Fsp3) is 0.600. The number of rotatable bonds is 3. The van der Waals surface area contributed by atoms with Gasteiger partial charge in [0.15, 0.2) is 0 Å². The van der Waals surface area contributed by atoms with Crippen LogP contribution in [0.25, 0.3) is 0 Å². The Kier molecular flexibility index (Phi) is 3.65. The third-order valence-corrected chi connectivity index (χ3v) is 4.08. The van der Waals surface area contributed by atoms with Gasteiger partial charge < -0.3 is 5.11 Å². The molecular weight excluding hydrogens is 196 g/mol. The minimum atomic E-state index is 0.171. The molecule has 0 aliphatic heterocycles. The van der Waals surface area contributed by atoms with Gasteiger partial charge in [-0.05, 0) is 42.7 Å². The van der Waals surface area contributed by atoms with Crippen LogP contribution in [0.1, 0.15) is 43.2 Å². The highest BCUT2D eigenvalue weighted by atomic mass is 16.3. The van der Waals surface area contributed by atoms with Gasteiger partial charge in [0, 0.05) is 6.61 Å². The van der Waals surface area contributed by atoms with Gasteiger partial charge in [0.2, 0.25) is 0 Å². The number of hydrogen-bond donors (Lipinski definition) is 1. The van der Waals surface area contributed by atoms with Crippen molar-refractivity contribution in [2.75, 3.05) is 6.61 Å². The van der Waals surface area contributed by atoms with Gasteiger partial charge in [0.25, 0.3) is 0 Å². The third-order valence-electron chi connectivity index (χ3n) is 4.08. The zero-order valence-corrected chi connectivity index (χ0v) is 10.2. The lowest BCUT2D eigenvalue weighted by atomic mass is 9.70. The zero-order chi connectivity index (χ0) is 11.4. The van der Waals surface area contributed by atoms with Crippen molar-refractivity contribution in [2.45, 2.75) is 45.4 Å². The van der Waals surface area contributed by atoms with E-state index in [2.05, 4.69) is 31.2 Å². The molecule has 0 heterocycles. The van der Waals surface area contributed by atoms with Crippen molar-refractivity contribution >= 4 is 0 Å². The molecule has 0 bridgehead atoms. The van der Waals surface area contributed by atoms with E-state index < -0.39 is 0 Å². The molecule has 1 aliphatic carbocycles. The first-order valence-electron chi connectivity index (χ1n) is 6.41. The SMILES string of the molecule is Cc1ccccc1CC1(CO)CCCCC1. The number of aliphatic hydroxyl groups is 1. The lowest BCUT2D eigenvalue weighted by Gasteiger charge is -2.36. The lowest BCUT2D eigenvalue weighted by molar-refractivity contribution is 0.0822. The Labute approximate surface area is 98.5 Å². The third kappa shape index (κ3) is 2.46. The van der Waals surface area contributed by atoms with Crippen LogP contribution in [0, 0.1) is 12.3 Å². The normalized spacial score (nSPS) is 19.6. The van der Waals surface area contributed by atoms with Crippen molar-refractivity contribution in [1.82, 2.24) is 0 Å². The van der Waals surface area contributed by atoms with Crippen molar-refractivity contribution in [2.24, 2.45) is 5.41 Å². The monoisotopic (exact) mass is 218 g/mol. The molecule has 0 amide bonds. The lowest BCUT2D eigenvalue weighted by Crippen LogP contribution is -2.30. The van der Waals surface area contributed by atoms with E-state index in [1.807, 2.05) is 0 Å². The molecule has 0 spiro atoms. The first-order chi connectivity index (χ1) is 7.76. The van der Waals surface area contributed by atoms with Crippen molar-refractivity contribution in [3.8, 4) is 0 Å². The Balaban J connectivity index is 2.15. The van der Waals surface area contributed by atoms with Crippen LogP contribution in [0.15, 0.2) is 24.3 Å². The summed E-state index contributed by atoms with van der Waals surface area (Å²) in [4.78, 5) is 0. The fourth-order valence-electron chi connectivity index (χ4n) is 2.91. The summed E-state index contributed by atoms with van der Waals surface area (Å²) < 4.78 is 0. The highest BCUT2D eigenvalue weighted by molar-refractivity contribution is 5.26. The van der Waals surface area contributed by atoms with Crippen LogP contribution in [-0.2, 0) is 6.42 Å². The van der Waals surface area contributed by atoms with E-state index in [1.165, 1.54) is 43.2 Å². The fourth-order valence-corrected chi connectivity index (χ4v) is 2.91. The number of aryl methyl sites for hydroxylation is 1. The summed E-state index contributed by atoms with van der Waals surface area (Å²) in [6.07, 6.45) is 7.35. The molecule has 1 saturated carbocycles. The standard InChI is InChI=1S/C15H22O/c1-13-7-3-4-8-14(13)11-15(12-16)9-5-2-6-10-15/h3-4,7-8,16H,2,5-6,9-12H2,1H3. The summed E-state index contributed by atoms with van der Waals surface area (Å²) in [7, 11) is 0. The number of benzene rings is 1. The molecule has 0 radical (unpaired) electrons. The summed E-state index contributed by atoms with van der Waals surface area (Å²) in [6, 6.07) is 8.58. The van der Waals surface area contributed by atoms with Gasteiger partial charge in [0.1, 0.15) is 0 Å². The van der Waals surface area contributed by atoms with Gasteiger partial charge in [-0.25, -0.2) is 0 Å². The van der Waals surface area contributed by atoms with Crippen LogP contribution in [0.4, 0.5) is 0 Å². The molecule has 0 aromatic heterocycles. The van der Waals surface area contributed by atoms with Crippen LogP contribution < -0.4 is 0 Å². The van der Waals surface area contributed by atoms with E-state index >= 15 is 0 Å². The summed E-state index contributed by atoms with van der Waals surface area (Å²) in [5.41, 5.74) is 2.95. The highest BCUT2D eigenvalue weighted by Gasteiger charge is 2.31. The molecule has 88 valence electrons. The second-order valence-electron chi connectivity index (χ2n) is 5.32. The van der Waals surface area contributed by atoms with Gasteiger partial charge in [-0.3, -0.25) is 0 Å². The Morgan fingerprint density at radius 1 is 1.12 bits per heavy atom. The summed E-state index contributed by atoms with van der Waals surface area (Å²) in [5.74, 6) is 0. The first-order valence-corrected chi connectivity index (χ1v) is 6.41. The molecule has 1 aliphatic rings. The second kappa shape index (κ2) is 5.01. The van der Waals surface area contributed by atoms with Gasteiger partial charge in [-0.1, -0.05) is 43.5 Å². The van der Waals surface area contributed by atoms with E-state index in [-0.39, 0.29) is 5.41 Å². The predicted molar refractivity (Wildman–Crippen MR) is 67.5 cm³/mol. The molecule has 1 aromatic rings. The van der Waals surface area contributed by atoms with Gasteiger partial charge in [-0.15, -0.1) is 0 Å². The average molecular weight is 218 g/mol. The molecule has 1 nitrogen and oxygen atoms in total. The first kappa shape index (κ1) is 11.7. The molecule has 0 atom stereocenters. The Morgan fingerprint density at radius 2 is 1.81 bits per heavy atom. The van der Waals surface area contributed by atoms with Crippen molar-refractivity contribution < 1.29 is 5.11 Å². The molecule has 1 N–H and O–H groups in total. The minimum Gasteiger partial charge on any atom is -0.396 e. The molecule has 16 heavy (non-hydrogen) atoms. The van der Waals surface area contributed by atoms with Crippen LogP contribution in [0.3, 0.4) is 0 Å². The van der Waals surface area contributed by atoms with Gasteiger partial charge in [0.05, 0.1) is 0 Å². The van der Waals surface area contributed by atoms with Crippen LogP contribution in [0.2, 0.25) is 0 Å². The quantitative estimate of drug-likeness (QED) is 0.823. The maximum atomic E-state index is 9.69. The molecule has 1 aromatic carbocycles. The topological polar surface area (TPSA) is 20.2 Å². The molecule has 0 saturated heterocycles. The Hall–Kier alpha value is -0.820. The van der Waals surface area contributed by atoms with E-state index in [0.717, 1.165) is 6.42 Å². The number of aliphatic hydroxyl groups excluding tert-OH is 1. The molecule has 1 fully saturated rings. The Bertz CT molecular complexity index is 337. The van der Waals surface area contributed by atoms with Crippen LogP contribution in [-0.4, -0.2) is 11.7 Å². The summed E-state index contributed by atoms with van der Waals surface area (Å²) in [6.45, 7) is 2.52. The Morgan fingerprint density at radius 3 is 2.44 bits per heavy atom. The van der Waals surface area contributed by atoms with Crippen LogP contribution in [0.5, 0.6) is 0 Å². The van der Waals surface area contributed by atoms with Crippen molar-refractivity contribution in [3.05, 3.63) is 35.4 Å². The minimum absolute atomic E-state index is 0.171. The second-order valence-corrected chi connectivity index (χ2v) is 5.32. The molecule has 2 rings (SSSR count). The molecule has 1 heteroatoms. The molecular formula is C15H22O. The van der Waals surface area contributed by atoms with Crippen molar-refractivity contribution in [1.29, 1.82) is 0 Å². The predicted octanol–water partition coefficient (Wildman–Crippen LogP) is 3.48. The van der Waals surface area contributed by atoms with E-state index in [1.54, 1.807) is 0 Å². The number of hydrogen-bond acceptors (Lipinski definition) is 1. The van der Waals surface area contributed by atoms with E-state index in [4.69, 9.17) is 0 Å². The van der Waals surface area contributed by atoms with E-state index in [9.17, 15) is 5.11 Å². The van der Waals surface area contributed by atoms with Gasteiger partial charge in [-0.2, -0.15) is 0 Å². The maximum Gasteiger partial charge on any atom is 0.0490 e. The van der Waals surface area contributed by atoms with E-state index in [0.29, 0.717) is 6.61 Å². The summed E-state index contributed by atoms with van der Waals surface area (Å²) >= 11 is 0. The smallest absolute Gasteiger partial charge is 0.0490 e. The maximum absolute atomic E-state index is 9.69. The molecule has 0 unspecified atom stereocenters. The zero-order valence-electron chi connectivity index (χ0n) is 10.2. The largest absolute Gasteiger partial charge is 0.396 e. The summed E-state index contributed by atoms with van der Waals surface area (Å²) in [5, 5.41) is 9.69. The highest BCUT2D eigenvalue weighted by Crippen LogP contribution is 2.39.